The van der Waals surface area contributed by atoms with Gasteiger partial charge in [-0.15, -0.1) is 0 Å². The summed E-state index contributed by atoms with van der Waals surface area (Å²) in [5.74, 6) is -1.38. The minimum absolute atomic E-state index is 0.0495. The lowest BCUT2D eigenvalue weighted by atomic mass is 9.85. The second-order valence-electron chi connectivity index (χ2n) is 7.01. The van der Waals surface area contributed by atoms with Gasteiger partial charge < -0.3 is 19.5 Å². The molecule has 1 unspecified atom stereocenters. The predicted octanol–water partition coefficient (Wildman–Crippen LogP) is 5.01. The monoisotopic (exact) mass is 422 g/mol. The Morgan fingerprint density at radius 2 is 1.96 bits per heavy atom. The van der Waals surface area contributed by atoms with Crippen molar-refractivity contribution in [3.8, 4) is 5.75 Å². The molecule has 1 aliphatic rings. The molecule has 0 bridgehead atoms. The standard InChI is InChI=1S/C17H18ClF3N2O5/c1-8(28-23-22-25)26-15(24)10-5-9-6-12(18)11(16(2,3)4)7-13(9)27-14(10)17(19,20)21/h5-8,14H,1-4H3,(H,23,25)/t8?,14-/m0/s1. The molecule has 7 nitrogen and oxygen atoms in total. The van der Waals surface area contributed by atoms with Crippen LogP contribution < -0.4 is 4.74 Å². The number of benzene rings is 1. The Balaban J connectivity index is 2.46. The molecule has 1 aliphatic heterocycles. The van der Waals surface area contributed by atoms with Gasteiger partial charge in [-0.05, 0) is 29.2 Å². The highest BCUT2D eigenvalue weighted by atomic mass is 35.5. The van der Waals surface area contributed by atoms with Crippen LogP contribution in [0.2, 0.25) is 5.02 Å². The summed E-state index contributed by atoms with van der Waals surface area (Å²) in [6.07, 6.45) is -7.80. The Morgan fingerprint density at radius 1 is 1.32 bits per heavy atom. The maximum absolute atomic E-state index is 13.5. The van der Waals surface area contributed by atoms with Gasteiger partial charge in [0.05, 0.1) is 16.1 Å². The van der Waals surface area contributed by atoms with Gasteiger partial charge >= 0.3 is 12.1 Å². The maximum Gasteiger partial charge on any atom is 0.430 e. The first-order valence-corrected chi connectivity index (χ1v) is 8.42. The van der Waals surface area contributed by atoms with E-state index in [0.717, 1.165) is 6.08 Å². The summed E-state index contributed by atoms with van der Waals surface area (Å²) in [6, 6.07) is 2.86. The fourth-order valence-corrected chi connectivity index (χ4v) is 2.98. The summed E-state index contributed by atoms with van der Waals surface area (Å²) in [4.78, 5) is 16.6. The lowest BCUT2D eigenvalue weighted by Crippen LogP contribution is -2.41. The van der Waals surface area contributed by atoms with E-state index in [9.17, 15) is 18.0 Å². The molecule has 0 aromatic heterocycles. The van der Waals surface area contributed by atoms with Crippen LogP contribution in [0.5, 0.6) is 5.75 Å². The number of carbonyl (C=O) groups is 1. The highest BCUT2D eigenvalue weighted by Gasteiger charge is 2.49. The third kappa shape index (κ3) is 4.86. The number of ether oxygens (including phenoxy) is 2. The highest BCUT2D eigenvalue weighted by molar-refractivity contribution is 6.31. The van der Waals surface area contributed by atoms with E-state index in [-0.39, 0.29) is 11.3 Å². The summed E-state index contributed by atoms with van der Waals surface area (Å²) in [6.45, 7) is 6.75. The molecule has 0 saturated heterocycles. The van der Waals surface area contributed by atoms with Crippen molar-refractivity contribution in [1.82, 2.24) is 0 Å². The molecule has 0 amide bonds. The molecular formula is C17H18ClF3N2O5. The molecule has 11 heteroatoms. The van der Waals surface area contributed by atoms with Gasteiger partial charge in [0, 0.05) is 17.5 Å². The van der Waals surface area contributed by atoms with Crippen molar-refractivity contribution in [1.29, 1.82) is 0 Å². The van der Waals surface area contributed by atoms with Crippen molar-refractivity contribution < 1.29 is 37.5 Å². The summed E-state index contributed by atoms with van der Waals surface area (Å²) in [5.41, 5.74) is -0.408. The van der Waals surface area contributed by atoms with Gasteiger partial charge in [0.2, 0.25) is 6.10 Å². The van der Waals surface area contributed by atoms with Crippen molar-refractivity contribution in [3.05, 3.63) is 33.9 Å². The SMILES string of the molecule is CC(O/N=N\O)OC(=O)C1=Cc2cc(Cl)c(C(C)(C)C)cc2O[C@@H]1C(F)(F)F. The molecule has 28 heavy (non-hydrogen) atoms. The van der Waals surface area contributed by atoms with E-state index < -0.39 is 35.5 Å². The number of carbonyl (C=O) groups excluding carboxylic acids is 1. The summed E-state index contributed by atoms with van der Waals surface area (Å²) < 4.78 is 50.3. The number of hydrogen-bond donors (Lipinski definition) is 1. The van der Waals surface area contributed by atoms with E-state index in [0.29, 0.717) is 10.6 Å². The van der Waals surface area contributed by atoms with E-state index in [1.165, 1.54) is 19.1 Å². The minimum atomic E-state index is -4.88. The molecule has 1 aromatic rings. The zero-order valence-electron chi connectivity index (χ0n) is 15.4. The highest BCUT2D eigenvalue weighted by Crippen LogP contribution is 2.42. The van der Waals surface area contributed by atoms with Gasteiger partial charge in [-0.2, -0.15) is 13.2 Å². The molecule has 0 aliphatic carbocycles. The van der Waals surface area contributed by atoms with Crippen LogP contribution in [-0.4, -0.2) is 29.7 Å². The van der Waals surface area contributed by atoms with Gasteiger partial charge in [0.25, 0.3) is 6.29 Å². The quantitative estimate of drug-likeness (QED) is 0.319. The fraction of sp³-hybridized carbons (Fsp3) is 0.471. The van der Waals surface area contributed by atoms with E-state index in [2.05, 4.69) is 15.4 Å². The van der Waals surface area contributed by atoms with Gasteiger partial charge in [-0.1, -0.05) is 32.4 Å². The molecular weight excluding hydrogens is 405 g/mol. The van der Waals surface area contributed by atoms with Crippen molar-refractivity contribution in [2.24, 2.45) is 10.6 Å². The van der Waals surface area contributed by atoms with Crippen molar-refractivity contribution in [2.45, 2.75) is 51.7 Å². The summed E-state index contributed by atoms with van der Waals surface area (Å²) >= 11 is 6.25. The lowest BCUT2D eigenvalue weighted by Gasteiger charge is -2.30. The number of rotatable bonds is 4. The number of esters is 1. The summed E-state index contributed by atoms with van der Waals surface area (Å²) in [5, 5.41) is 13.5. The Bertz CT molecular complexity index is 818. The smallest absolute Gasteiger partial charge is 0.430 e. The van der Waals surface area contributed by atoms with Crippen molar-refractivity contribution in [2.75, 3.05) is 0 Å². The van der Waals surface area contributed by atoms with Crippen LogP contribution in [-0.2, 0) is 19.8 Å². The molecule has 1 heterocycles. The largest absolute Gasteiger partial charge is 0.475 e. The lowest BCUT2D eigenvalue weighted by molar-refractivity contribution is -0.195. The van der Waals surface area contributed by atoms with Crippen LogP contribution in [0.3, 0.4) is 0 Å². The second kappa shape index (κ2) is 7.86. The van der Waals surface area contributed by atoms with Crippen LogP contribution >= 0.6 is 11.6 Å². The molecule has 1 N–H and O–H groups in total. The first-order chi connectivity index (χ1) is 12.8. The minimum Gasteiger partial charge on any atom is -0.475 e. The zero-order valence-corrected chi connectivity index (χ0v) is 16.1. The Kier molecular flexibility index (Phi) is 6.12. The van der Waals surface area contributed by atoms with Gasteiger partial charge in [0.1, 0.15) is 5.75 Å². The molecule has 1 aromatic carbocycles. The zero-order chi connectivity index (χ0) is 21.3. The van der Waals surface area contributed by atoms with Gasteiger partial charge in [-0.3, -0.25) is 0 Å². The molecule has 0 spiro atoms. The van der Waals surface area contributed by atoms with Crippen LogP contribution in [0.1, 0.15) is 38.8 Å². The molecule has 0 saturated carbocycles. The molecule has 0 radical (unpaired) electrons. The Labute approximate surface area is 163 Å². The number of hydrogen-bond acceptors (Lipinski definition) is 6. The first kappa shape index (κ1) is 21.8. The molecule has 0 fully saturated rings. The van der Waals surface area contributed by atoms with Crippen molar-refractivity contribution in [3.63, 3.8) is 0 Å². The van der Waals surface area contributed by atoms with E-state index in [1.807, 2.05) is 20.8 Å². The fourth-order valence-electron chi connectivity index (χ4n) is 2.53. The van der Waals surface area contributed by atoms with Gasteiger partial charge in [-0.25, -0.2) is 4.79 Å². The van der Waals surface area contributed by atoms with Gasteiger partial charge in [0.15, 0.2) is 0 Å². The van der Waals surface area contributed by atoms with E-state index in [1.54, 1.807) is 0 Å². The second-order valence-corrected chi connectivity index (χ2v) is 7.42. The van der Waals surface area contributed by atoms with Crippen molar-refractivity contribution >= 4 is 23.6 Å². The Morgan fingerprint density at radius 3 is 2.50 bits per heavy atom. The van der Waals surface area contributed by atoms with Crippen LogP contribution in [0.15, 0.2) is 28.3 Å². The summed E-state index contributed by atoms with van der Waals surface area (Å²) in [7, 11) is 0. The third-order valence-corrected chi connectivity index (χ3v) is 4.10. The normalized spacial score (nSPS) is 18.1. The predicted molar refractivity (Wildman–Crippen MR) is 91.9 cm³/mol. The molecule has 154 valence electrons. The maximum atomic E-state index is 13.5. The number of nitrogens with zero attached hydrogens (tertiary/aromatic N) is 2. The topological polar surface area (TPSA) is 89.7 Å². The van der Waals surface area contributed by atoms with Crippen LogP contribution in [0, 0.1) is 0 Å². The van der Waals surface area contributed by atoms with Crippen LogP contribution in [0.25, 0.3) is 6.08 Å². The average molecular weight is 423 g/mol. The van der Waals surface area contributed by atoms with Crippen LogP contribution in [0.4, 0.5) is 13.2 Å². The molecule has 2 rings (SSSR count). The van der Waals surface area contributed by atoms with E-state index >= 15 is 0 Å². The number of alkyl halides is 3. The Hall–Kier alpha value is -2.49. The van der Waals surface area contributed by atoms with E-state index in [4.69, 9.17) is 26.3 Å². The first-order valence-electron chi connectivity index (χ1n) is 8.04. The number of fused-ring (bicyclic) bond motifs is 1. The third-order valence-electron chi connectivity index (χ3n) is 3.78. The average Bonchev–Trinajstić information content (AvgIpc) is 2.56. The molecule has 2 atom stereocenters. The number of halogens is 4.